The van der Waals surface area contributed by atoms with Gasteiger partial charge < -0.3 is 0 Å². The van der Waals surface area contributed by atoms with Crippen molar-refractivity contribution in [2.45, 2.75) is 31.2 Å². The second kappa shape index (κ2) is 4.19. The van der Waals surface area contributed by atoms with E-state index in [4.69, 9.17) is 0 Å². The smallest absolute Gasteiger partial charge is 0.0444 e. The highest BCUT2D eigenvalue weighted by Crippen LogP contribution is 2.49. The molecule has 2 atom stereocenters. The summed E-state index contributed by atoms with van der Waals surface area (Å²) in [4.78, 5) is 4.31. The third-order valence-corrected chi connectivity index (χ3v) is 6.02. The van der Waals surface area contributed by atoms with Gasteiger partial charge in [-0.2, -0.15) is 0 Å². The Balaban J connectivity index is 1.84. The van der Waals surface area contributed by atoms with Gasteiger partial charge in [0.25, 0.3) is 0 Å². The zero-order chi connectivity index (χ0) is 12.9. The van der Waals surface area contributed by atoms with Crippen LogP contribution in [-0.2, 0) is 5.54 Å². The van der Waals surface area contributed by atoms with Crippen molar-refractivity contribution in [3.8, 4) is 0 Å². The molecular formula is C17H19NS. The molecule has 0 bridgehead atoms. The van der Waals surface area contributed by atoms with Crippen molar-refractivity contribution < 1.29 is 0 Å². The second-order valence-electron chi connectivity index (χ2n) is 5.99. The molecule has 3 heterocycles. The lowest BCUT2D eigenvalue weighted by molar-refractivity contribution is 0.136. The van der Waals surface area contributed by atoms with Gasteiger partial charge in [-0.15, -0.1) is 11.3 Å². The average Bonchev–Trinajstić information content (AvgIpc) is 3.05. The first-order chi connectivity index (χ1) is 9.29. The SMILES string of the molecule is CC12CCCN1CC(c1ccccc1)c1sccc12. The Morgan fingerprint density at radius 2 is 2.05 bits per heavy atom. The summed E-state index contributed by atoms with van der Waals surface area (Å²) in [7, 11) is 0. The van der Waals surface area contributed by atoms with Gasteiger partial charge in [-0.3, -0.25) is 4.90 Å². The molecule has 2 aliphatic heterocycles. The molecule has 98 valence electrons. The Kier molecular flexibility index (Phi) is 2.58. The molecule has 0 aliphatic carbocycles. The van der Waals surface area contributed by atoms with Crippen LogP contribution in [0.15, 0.2) is 41.8 Å². The molecule has 1 saturated heterocycles. The number of hydrogen-bond acceptors (Lipinski definition) is 2. The van der Waals surface area contributed by atoms with Crippen LogP contribution in [0, 0.1) is 0 Å². The quantitative estimate of drug-likeness (QED) is 0.750. The van der Waals surface area contributed by atoms with Gasteiger partial charge in [0, 0.05) is 22.9 Å². The van der Waals surface area contributed by atoms with Crippen molar-refractivity contribution in [1.82, 2.24) is 4.90 Å². The summed E-state index contributed by atoms with van der Waals surface area (Å²) in [5.74, 6) is 0.572. The number of thiophene rings is 1. The molecule has 2 aliphatic rings. The normalized spacial score (nSPS) is 30.1. The summed E-state index contributed by atoms with van der Waals surface area (Å²) in [5.41, 5.74) is 3.37. The molecule has 1 aromatic carbocycles. The fourth-order valence-electron chi connectivity index (χ4n) is 3.90. The van der Waals surface area contributed by atoms with Crippen molar-refractivity contribution in [2.24, 2.45) is 0 Å². The van der Waals surface area contributed by atoms with Crippen molar-refractivity contribution in [3.05, 3.63) is 57.8 Å². The summed E-state index contributed by atoms with van der Waals surface area (Å²) in [6.07, 6.45) is 2.66. The van der Waals surface area contributed by atoms with Crippen LogP contribution < -0.4 is 0 Å². The maximum absolute atomic E-state index is 2.71. The minimum atomic E-state index is 0.306. The highest BCUT2D eigenvalue weighted by atomic mass is 32.1. The van der Waals surface area contributed by atoms with E-state index in [0.29, 0.717) is 11.5 Å². The largest absolute Gasteiger partial charge is 0.293 e. The number of rotatable bonds is 1. The molecule has 4 rings (SSSR count). The molecular weight excluding hydrogens is 250 g/mol. The highest BCUT2D eigenvalue weighted by Gasteiger charge is 2.45. The first-order valence-corrected chi connectivity index (χ1v) is 8.05. The van der Waals surface area contributed by atoms with E-state index >= 15 is 0 Å². The van der Waals surface area contributed by atoms with E-state index in [-0.39, 0.29) is 0 Å². The summed E-state index contributed by atoms with van der Waals surface area (Å²) in [5, 5.41) is 2.29. The Morgan fingerprint density at radius 1 is 1.21 bits per heavy atom. The predicted molar refractivity (Wildman–Crippen MR) is 80.8 cm³/mol. The maximum Gasteiger partial charge on any atom is 0.0444 e. The van der Waals surface area contributed by atoms with E-state index in [9.17, 15) is 0 Å². The summed E-state index contributed by atoms with van der Waals surface area (Å²) < 4.78 is 0. The standard InChI is InChI=1S/C17H19NS/c1-17-9-5-10-18(17)12-14(13-6-3-2-4-7-13)16-15(17)8-11-19-16/h2-4,6-8,11,14H,5,9-10,12H2,1H3. The van der Waals surface area contributed by atoms with E-state index in [2.05, 4.69) is 53.6 Å². The van der Waals surface area contributed by atoms with Crippen LogP contribution in [0.5, 0.6) is 0 Å². The molecule has 2 aromatic rings. The van der Waals surface area contributed by atoms with E-state index in [1.807, 2.05) is 11.3 Å². The van der Waals surface area contributed by atoms with Crippen LogP contribution >= 0.6 is 11.3 Å². The molecule has 0 amide bonds. The lowest BCUT2D eigenvalue weighted by Crippen LogP contribution is -2.45. The number of hydrogen-bond donors (Lipinski definition) is 0. The minimum absolute atomic E-state index is 0.306. The van der Waals surface area contributed by atoms with Crippen LogP contribution in [0.2, 0.25) is 0 Å². The van der Waals surface area contributed by atoms with Crippen LogP contribution in [0.3, 0.4) is 0 Å². The van der Waals surface area contributed by atoms with Crippen molar-refractivity contribution >= 4 is 11.3 Å². The van der Waals surface area contributed by atoms with Crippen molar-refractivity contribution in [3.63, 3.8) is 0 Å². The van der Waals surface area contributed by atoms with Crippen LogP contribution in [-0.4, -0.2) is 18.0 Å². The Bertz CT molecular complexity index is 588. The topological polar surface area (TPSA) is 3.24 Å². The molecule has 0 N–H and O–H groups in total. The molecule has 0 saturated carbocycles. The first kappa shape index (κ1) is 11.7. The molecule has 19 heavy (non-hydrogen) atoms. The highest BCUT2D eigenvalue weighted by molar-refractivity contribution is 7.10. The van der Waals surface area contributed by atoms with Crippen LogP contribution in [0.4, 0.5) is 0 Å². The minimum Gasteiger partial charge on any atom is -0.293 e. The van der Waals surface area contributed by atoms with Gasteiger partial charge in [0.1, 0.15) is 0 Å². The average molecular weight is 269 g/mol. The maximum atomic E-state index is 2.71. The van der Waals surface area contributed by atoms with Gasteiger partial charge >= 0.3 is 0 Å². The first-order valence-electron chi connectivity index (χ1n) is 7.17. The predicted octanol–water partition coefficient (Wildman–Crippen LogP) is 4.20. The molecule has 1 aromatic heterocycles. The van der Waals surface area contributed by atoms with Crippen molar-refractivity contribution in [1.29, 1.82) is 0 Å². The third-order valence-electron chi connectivity index (χ3n) is 4.99. The Morgan fingerprint density at radius 3 is 2.89 bits per heavy atom. The molecule has 2 heteroatoms. The van der Waals surface area contributed by atoms with Gasteiger partial charge in [0.2, 0.25) is 0 Å². The zero-order valence-electron chi connectivity index (χ0n) is 11.3. The van der Waals surface area contributed by atoms with E-state index in [1.54, 1.807) is 10.4 Å². The Labute approximate surface area is 118 Å². The Hall–Kier alpha value is -1.12. The van der Waals surface area contributed by atoms with Gasteiger partial charge in [-0.25, -0.2) is 0 Å². The number of benzene rings is 1. The van der Waals surface area contributed by atoms with Crippen LogP contribution in [0.1, 0.15) is 41.7 Å². The molecule has 0 radical (unpaired) electrons. The third kappa shape index (κ3) is 1.63. The van der Waals surface area contributed by atoms with Gasteiger partial charge in [-0.05, 0) is 48.9 Å². The summed E-state index contributed by atoms with van der Waals surface area (Å²) >= 11 is 1.95. The lowest BCUT2D eigenvalue weighted by Gasteiger charge is -2.43. The number of fused-ring (bicyclic) bond motifs is 3. The van der Waals surface area contributed by atoms with Gasteiger partial charge in [-0.1, -0.05) is 30.3 Å². The summed E-state index contributed by atoms with van der Waals surface area (Å²) in [6, 6.07) is 13.4. The number of nitrogens with zero attached hydrogens (tertiary/aromatic N) is 1. The van der Waals surface area contributed by atoms with Gasteiger partial charge in [0.15, 0.2) is 0 Å². The lowest BCUT2D eigenvalue weighted by atomic mass is 9.80. The van der Waals surface area contributed by atoms with Crippen molar-refractivity contribution in [2.75, 3.05) is 13.1 Å². The fraction of sp³-hybridized carbons (Fsp3) is 0.412. The second-order valence-corrected chi connectivity index (χ2v) is 6.93. The van der Waals surface area contributed by atoms with E-state index < -0.39 is 0 Å². The zero-order valence-corrected chi connectivity index (χ0v) is 12.1. The fourth-order valence-corrected chi connectivity index (χ4v) is 5.04. The van der Waals surface area contributed by atoms with Gasteiger partial charge in [0.05, 0.1) is 0 Å². The summed E-state index contributed by atoms with van der Waals surface area (Å²) in [6.45, 7) is 4.88. The molecule has 0 spiro atoms. The molecule has 2 unspecified atom stereocenters. The van der Waals surface area contributed by atoms with E-state index in [0.717, 1.165) is 0 Å². The van der Waals surface area contributed by atoms with E-state index in [1.165, 1.54) is 31.5 Å². The molecule has 1 fully saturated rings. The van der Waals surface area contributed by atoms with Crippen LogP contribution in [0.25, 0.3) is 0 Å². The molecule has 1 nitrogen and oxygen atoms in total. The monoisotopic (exact) mass is 269 g/mol.